The predicted octanol–water partition coefficient (Wildman–Crippen LogP) is 7.14. The minimum Gasteiger partial charge on any atom is -0.393 e. The van der Waals surface area contributed by atoms with E-state index in [0.29, 0.717) is 29.1 Å². The molecular weight excluding hydrogens is 380 g/mol. The van der Waals surface area contributed by atoms with Gasteiger partial charge in [-0.15, -0.1) is 0 Å². The van der Waals surface area contributed by atoms with Crippen molar-refractivity contribution in [2.24, 2.45) is 45.8 Å². The highest BCUT2D eigenvalue weighted by molar-refractivity contribution is 5.35. The number of aliphatic hydroxyl groups excluding tert-OH is 2. The van der Waals surface area contributed by atoms with Gasteiger partial charge in [-0.05, 0) is 91.8 Å². The van der Waals surface area contributed by atoms with Crippen LogP contribution in [0.5, 0.6) is 0 Å². The first-order chi connectivity index (χ1) is 14.6. The molecule has 0 heterocycles. The van der Waals surface area contributed by atoms with Crippen LogP contribution in [0.15, 0.2) is 11.6 Å². The summed E-state index contributed by atoms with van der Waals surface area (Å²) in [6.07, 6.45) is 15.1. The molecule has 0 spiro atoms. The van der Waals surface area contributed by atoms with Gasteiger partial charge in [0.05, 0.1) is 12.2 Å². The van der Waals surface area contributed by atoms with Gasteiger partial charge in [-0.3, -0.25) is 0 Å². The molecule has 3 fully saturated rings. The maximum absolute atomic E-state index is 11.8. The quantitative estimate of drug-likeness (QED) is 0.440. The Balaban J connectivity index is 1.65. The molecule has 2 N–H and O–H groups in total. The van der Waals surface area contributed by atoms with E-state index in [1.165, 1.54) is 32.1 Å². The molecule has 0 aromatic rings. The van der Waals surface area contributed by atoms with Gasteiger partial charge in [0.25, 0.3) is 0 Å². The van der Waals surface area contributed by atoms with Crippen molar-refractivity contribution in [3.05, 3.63) is 11.6 Å². The van der Waals surface area contributed by atoms with Crippen molar-refractivity contribution in [2.45, 2.75) is 124 Å². The summed E-state index contributed by atoms with van der Waals surface area (Å²) >= 11 is 0. The van der Waals surface area contributed by atoms with Crippen LogP contribution in [0.4, 0.5) is 0 Å². The highest BCUT2D eigenvalue weighted by Gasteiger charge is 2.68. The van der Waals surface area contributed by atoms with E-state index in [4.69, 9.17) is 0 Å². The number of fused-ring (bicyclic) bond motifs is 5. The SMILES string of the molecule is CC[C@]12C3=CCC4CC(O)CC[C@]4(C)[C@H]3CC[C@]1(C)[C@@H]([C@H](C)CCCC(C)C)CC2O. The Hall–Kier alpha value is -0.340. The molecule has 0 aromatic carbocycles. The van der Waals surface area contributed by atoms with Gasteiger partial charge in [-0.1, -0.05) is 72.5 Å². The fourth-order valence-electron chi connectivity index (χ4n) is 9.51. The van der Waals surface area contributed by atoms with E-state index in [-0.39, 0.29) is 23.0 Å². The summed E-state index contributed by atoms with van der Waals surface area (Å²) in [5, 5.41) is 22.1. The largest absolute Gasteiger partial charge is 0.393 e. The first kappa shape index (κ1) is 23.8. The summed E-state index contributed by atoms with van der Waals surface area (Å²) in [6, 6.07) is 0. The molecule has 0 bridgehead atoms. The van der Waals surface area contributed by atoms with Gasteiger partial charge in [-0.2, -0.15) is 0 Å². The van der Waals surface area contributed by atoms with E-state index in [0.717, 1.165) is 44.4 Å². The molecule has 3 saturated carbocycles. The first-order valence-corrected chi connectivity index (χ1v) is 13.7. The summed E-state index contributed by atoms with van der Waals surface area (Å²) < 4.78 is 0. The molecule has 9 atom stereocenters. The molecule has 2 heteroatoms. The van der Waals surface area contributed by atoms with Crippen molar-refractivity contribution >= 4 is 0 Å². The van der Waals surface area contributed by atoms with Crippen molar-refractivity contribution in [2.75, 3.05) is 0 Å². The van der Waals surface area contributed by atoms with Gasteiger partial charge in [0, 0.05) is 5.41 Å². The van der Waals surface area contributed by atoms with Crippen LogP contribution in [-0.4, -0.2) is 22.4 Å². The highest BCUT2D eigenvalue weighted by Crippen LogP contribution is 2.73. The fraction of sp³-hybridized carbons (Fsp3) is 0.931. The standard InChI is InChI=1S/C29H50O2/c1-7-29-24-12-11-21-17-22(30)13-15-27(21,5)23(24)14-16-28(29,6)25(18-26(29)31)20(4)10-8-9-19(2)3/h12,19-23,25-26,30-31H,7-11,13-18H2,1-6H3/t20-,21?,22?,23+,25-,26?,27+,28-,29-/m1/s1. The lowest BCUT2D eigenvalue weighted by Crippen LogP contribution is -2.56. The zero-order valence-electron chi connectivity index (χ0n) is 21.3. The number of aliphatic hydroxyl groups is 2. The van der Waals surface area contributed by atoms with Crippen LogP contribution in [0.2, 0.25) is 0 Å². The number of hydrogen-bond acceptors (Lipinski definition) is 2. The lowest BCUT2D eigenvalue weighted by Gasteiger charge is -2.62. The summed E-state index contributed by atoms with van der Waals surface area (Å²) in [4.78, 5) is 0. The van der Waals surface area contributed by atoms with Gasteiger partial charge < -0.3 is 10.2 Å². The molecule has 0 aliphatic heterocycles. The molecule has 4 aliphatic rings. The van der Waals surface area contributed by atoms with E-state index in [1.54, 1.807) is 5.57 Å². The Morgan fingerprint density at radius 3 is 2.45 bits per heavy atom. The molecule has 0 saturated heterocycles. The Labute approximate surface area is 192 Å². The normalized spacial score (nSPS) is 48.0. The average molecular weight is 431 g/mol. The van der Waals surface area contributed by atoms with E-state index >= 15 is 0 Å². The molecule has 2 nitrogen and oxygen atoms in total. The lowest BCUT2D eigenvalue weighted by molar-refractivity contribution is -0.0908. The van der Waals surface area contributed by atoms with Gasteiger partial charge in [-0.25, -0.2) is 0 Å². The Morgan fingerprint density at radius 2 is 1.77 bits per heavy atom. The summed E-state index contributed by atoms with van der Waals surface area (Å²) in [5.41, 5.74) is 2.14. The minimum atomic E-state index is -0.191. The molecule has 4 rings (SSSR count). The third kappa shape index (κ3) is 3.49. The zero-order valence-corrected chi connectivity index (χ0v) is 21.3. The third-order valence-electron chi connectivity index (χ3n) is 11.3. The third-order valence-corrected chi connectivity index (χ3v) is 11.3. The molecule has 0 aromatic heterocycles. The second-order valence-electron chi connectivity index (χ2n) is 13.0. The van der Waals surface area contributed by atoms with E-state index < -0.39 is 0 Å². The topological polar surface area (TPSA) is 40.5 Å². The fourth-order valence-corrected chi connectivity index (χ4v) is 9.51. The molecule has 3 unspecified atom stereocenters. The summed E-state index contributed by atoms with van der Waals surface area (Å²) in [7, 11) is 0. The maximum Gasteiger partial charge on any atom is 0.0641 e. The first-order valence-electron chi connectivity index (χ1n) is 13.7. The van der Waals surface area contributed by atoms with Gasteiger partial charge in [0.15, 0.2) is 0 Å². The zero-order chi connectivity index (χ0) is 22.6. The summed E-state index contributed by atoms with van der Waals surface area (Å²) in [6.45, 7) is 14.6. The monoisotopic (exact) mass is 430 g/mol. The van der Waals surface area contributed by atoms with Crippen LogP contribution in [0.25, 0.3) is 0 Å². The van der Waals surface area contributed by atoms with Gasteiger partial charge >= 0.3 is 0 Å². The molecule has 0 radical (unpaired) electrons. The van der Waals surface area contributed by atoms with Crippen LogP contribution in [0, 0.1) is 45.8 Å². The van der Waals surface area contributed by atoms with E-state index in [2.05, 4.69) is 47.6 Å². The maximum atomic E-state index is 11.8. The van der Waals surface area contributed by atoms with Crippen molar-refractivity contribution < 1.29 is 10.2 Å². The van der Waals surface area contributed by atoms with Crippen LogP contribution in [0.3, 0.4) is 0 Å². The van der Waals surface area contributed by atoms with Crippen molar-refractivity contribution in [3.8, 4) is 0 Å². The molecular formula is C29H50O2. The van der Waals surface area contributed by atoms with Crippen molar-refractivity contribution in [1.29, 1.82) is 0 Å². The highest BCUT2D eigenvalue weighted by atomic mass is 16.3. The summed E-state index contributed by atoms with van der Waals surface area (Å²) in [5.74, 6) is 3.34. The number of rotatable bonds is 6. The number of hydrogen-bond donors (Lipinski definition) is 2. The predicted molar refractivity (Wildman–Crippen MR) is 130 cm³/mol. The Bertz CT molecular complexity index is 682. The van der Waals surface area contributed by atoms with Gasteiger partial charge in [0.1, 0.15) is 0 Å². The molecule has 4 aliphatic carbocycles. The smallest absolute Gasteiger partial charge is 0.0641 e. The van der Waals surface area contributed by atoms with Crippen LogP contribution in [-0.2, 0) is 0 Å². The van der Waals surface area contributed by atoms with Crippen molar-refractivity contribution in [1.82, 2.24) is 0 Å². The second-order valence-corrected chi connectivity index (χ2v) is 13.0. The van der Waals surface area contributed by atoms with Gasteiger partial charge in [0.2, 0.25) is 0 Å². The van der Waals surface area contributed by atoms with E-state index in [9.17, 15) is 10.2 Å². The Morgan fingerprint density at radius 1 is 1.03 bits per heavy atom. The second kappa shape index (κ2) is 8.46. The van der Waals surface area contributed by atoms with Crippen LogP contribution < -0.4 is 0 Å². The lowest BCUT2D eigenvalue weighted by atomic mass is 9.42. The average Bonchev–Trinajstić information content (AvgIpc) is 2.95. The Kier molecular flexibility index (Phi) is 6.50. The number of allylic oxidation sites excluding steroid dienone is 1. The molecule has 0 amide bonds. The molecule has 178 valence electrons. The molecule has 31 heavy (non-hydrogen) atoms. The van der Waals surface area contributed by atoms with E-state index in [1.807, 2.05) is 0 Å². The van der Waals surface area contributed by atoms with Crippen LogP contribution >= 0.6 is 0 Å². The van der Waals surface area contributed by atoms with Crippen molar-refractivity contribution in [3.63, 3.8) is 0 Å². The van der Waals surface area contributed by atoms with Crippen LogP contribution in [0.1, 0.15) is 112 Å². The minimum absolute atomic E-state index is 0.0308.